The third kappa shape index (κ3) is 3.22. The van der Waals surface area contributed by atoms with Crippen LogP contribution in [0.25, 0.3) is 0 Å². The third-order valence-electron chi connectivity index (χ3n) is 2.39. The fraction of sp³-hybridized carbons (Fsp3) is 0.364. The summed E-state index contributed by atoms with van der Waals surface area (Å²) in [6.07, 6.45) is 1.83. The van der Waals surface area contributed by atoms with E-state index < -0.39 is 0 Å². The Balaban J connectivity index is 1.99. The van der Waals surface area contributed by atoms with Crippen LogP contribution < -0.4 is 16.4 Å². The highest BCUT2D eigenvalue weighted by Gasteiger charge is 2.15. The maximum Gasteiger partial charge on any atom is 0.265 e. The van der Waals surface area contributed by atoms with Gasteiger partial charge in [0.2, 0.25) is 0 Å². The van der Waals surface area contributed by atoms with Gasteiger partial charge in [0.1, 0.15) is 10.7 Å². The Morgan fingerprint density at radius 3 is 3.00 bits per heavy atom. The van der Waals surface area contributed by atoms with Crippen molar-refractivity contribution in [1.29, 1.82) is 0 Å². The van der Waals surface area contributed by atoms with E-state index in [9.17, 15) is 4.79 Å². The molecule has 0 saturated heterocycles. The lowest BCUT2D eigenvalue weighted by Crippen LogP contribution is -2.23. The lowest BCUT2D eigenvalue weighted by Gasteiger charge is -2.01. The summed E-state index contributed by atoms with van der Waals surface area (Å²) in [5, 5.41) is 10.6. The van der Waals surface area contributed by atoms with Crippen LogP contribution in [0.4, 0.5) is 10.9 Å². The van der Waals surface area contributed by atoms with E-state index in [1.54, 1.807) is 4.68 Å². The molecule has 102 valence electrons. The van der Waals surface area contributed by atoms with Crippen molar-refractivity contribution in [2.24, 2.45) is 7.05 Å². The molecule has 0 radical (unpaired) electrons. The molecule has 2 heterocycles. The SMILES string of the molecule is CCNc1nc(N)c(C(=O)NCc2ccn(C)n2)s1. The van der Waals surface area contributed by atoms with Gasteiger partial charge in [0, 0.05) is 19.8 Å². The Morgan fingerprint density at radius 2 is 2.37 bits per heavy atom. The van der Waals surface area contributed by atoms with Crippen LogP contribution in [0.15, 0.2) is 12.3 Å². The van der Waals surface area contributed by atoms with Crippen molar-refractivity contribution >= 4 is 28.2 Å². The summed E-state index contributed by atoms with van der Waals surface area (Å²) in [6.45, 7) is 3.06. The minimum atomic E-state index is -0.232. The number of rotatable bonds is 5. The van der Waals surface area contributed by atoms with Gasteiger partial charge in [0.15, 0.2) is 5.13 Å². The summed E-state index contributed by atoms with van der Waals surface area (Å²) in [7, 11) is 1.83. The predicted octanol–water partition coefficient (Wildman–Crippen LogP) is 0.821. The van der Waals surface area contributed by atoms with Gasteiger partial charge < -0.3 is 16.4 Å². The molecule has 0 fully saturated rings. The number of carbonyl (C=O) groups excluding carboxylic acids is 1. The van der Waals surface area contributed by atoms with Gasteiger partial charge in [0.05, 0.1) is 12.2 Å². The second-order valence-electron chi connectivity index (χ2n) is 3.93. The van der Waals surface area contributed by atoms with Gasteiger partial charge in [-0.15, -0.1) is 0 Å². The van der Waals surface area contributed by atoms with E-state index in [1.165, 1.54) is 11.3 Å². The average Bonchev–Trinajstić information content (AvgIpc) is 2.93. The van der Waals surface area contributed by atoms with E-state index in [-0.39, 0.29) is 11.7 Å². The molecule has 19 heavy (non-hydrogen) atoms. The number of carbonyl (C=O) groups is 1. The fourth-order valence-electron chi connectivity index (χ4n) is 1.53. The second kappa shape index (κ2) is 5.70. The molecule has 8 heteroatoms. The zero-order valence-electron chi connectivity index (χ0n) is 10.8. The molecule has 0 saturated carbocycles. The average molecular weight is 280 g/mol. The molecule has 0 atom stereocenters. The number of nitrogens with one attached hydrogen (secondary N) is 2. The first-order valence-corrected chi connectivity index (χ1v) is 6.68. The van der Waals surface area contributed by atoms with Crippen LogP contribution in [-0.4, -0.2) is 27.2 Å². The number of thiazole rings is 1. The first-order chi connectivity index (χ1) is 9.10. The van der Waals surface area contributed by atoms with Crippen molar-refractivity contribution in [3.05, 3.63) is 22.8 Å². The zero-order chi connectivity index (χ0) is 13.8. The molecule has 0 aromatic carbocycles. The molecule has 7 nitrogen and oxygen atoms in total. The van der Waals surface area contributed by atoms with Crippen molar-refractivity contribution in [3.63, 3.8) is 0 Å². The smallest absolute Gasteiger partial charge is 0.265 e. The van der Waals surface area contributed by atoms with Crippen molar-refractivity contribution in [2.75, 3.05) is 17.6 Å². The molecule has 0 aliphatic heterocycles. The van der Waals surface area contributed by atoms with Gasteiger partial charge in [-0.1, -0.05) is 11.3 Å². The van der Waals surface area contributed by atoms with Crippen LogP contribution in [-0.2, 0) is 13.6 Å². The monoisotopic (exact) mass is 280 g/mol. The summed E-state index contributed by atoms with van der Waals surface area (Å²) in [6, 6.07) is 1.85. The third-order valence-corrected chi connectivity index (χ3v) is 3.41. The minimum absolute atomic E-state index is 0.232. The van der Waals surface area contributed by atoms with Crippen molar-refractivity contribution < 1.29 is 4.79 Å². The number of aryl methyl sites for hydroxylation is 1. The molecule has 0 aliphatic carbocycles. The van der Waals surface area contributed by atoms with Crippen molar-refractivity contribution in [1.82, 2.24) is 20.1 Å². The Hall–Kier alpha value is -2.09. The van der Waals surface area contributed by atoms with Gasteiger partial charge in [0.25, 0.3) is 5.91 Å². The maximum atomic E-state index is 12.0. The zero-order valence-corrected chi connectivity index (χ0v) is 11.6. The van der Waals surface area contributed by atoms with E-state index >= 15 is 0 Å². The number of hydrogen-bond donors (Lipinski definition) is 3. The fourth-order valence-corrected chi connectivity index (χ4v) is 2.40. The van der Waals surface area contributed by atoms with Crippen LogP contribution in [0.3, 0.4) is 0 Å². The van der Waals surface area contributed by atoms with Crippen LogP contribution >= 0.6 is 11.3 Å². The first-order valence-electron chi connectivity index (χ1n) is 5.87. The predicted molar refractivity (Wildman–Crippen MR) is 75.1 cm³/mol. The molecule has 2 aromatic heterocycles. The van der Waals surface area contributed by atoms with E-state index in [0.29, 0.717) is 16.6 Å². The number of hydrogen-bond acceptors (Lipinski definition) is 6. The maximum absolute atomic E-state index is 12.0. The molecular weight excluding hydrogens is 264 g/mol. The first kappa shape index (κ1) is 13.3. The molecular formula is C11H16N6OS. The molecule has 0 spiro atoms. The standard InChI is InChI=1S/C11H16N6OS/c1-3-13-11-15-9(12)8(19-11)10(18)14-6-7-4-5-17(2)16-7/h4-5H,3,6,12H2,1-2H3,(H,13,15)(H,14,18). The molecule has 0 unspecified atom stereocenters. The largest absolute Gasteiger partial charge is 0.382 e. The van der Waals surface area contributed by atoms with E-state index in [2.05, 4.69) is 20.7 Å². The van der Waals surface area contributed by atoms with Gasteiger partial charge in [-0.25, -0.2) is 4.98 Å². The molecule has 0 bridgehead atoms. The number of amides is 1. The number of nitrogens with two attached hydrogens (primary N) is 1. The topological polar surface area (TPSA) is 97.9 Å². The molecule has 1 amide bonds. The summed E-state index contributed by atoms with van der Waals surface area (Å²) in [5.41, 5.74) is 6.52. The summed E-state index contributed by atoms with van der Waals surface area (Å²) in [4.78, 5) is 16.5. The Bertz CT molecular complexity index is 576. The molecule has 2 aromatic rings. The van der Waals surface area contributed by atoms with E-state index in [4.69, 9.17) is 5.73 Å². The molecule has 2 rings (SSSR count). The van der Waals surface area contributed by atoms with Crippen molar-refractivity contribution in [3.8, 4) is 0 Å². The summed E-state index contributed by atoms with van der Waals surface area (Å²) >= 11 is 1.25. The minimum Gasteiger partial charge on any atom is -0.382 e. The summed E-state index contributed by atoms with van der Waals surface area (Å²) in [5.74, 6) is 0.0178. The Kier molecular flexibility index (Phi) is 4.00. The van der Waals surface area contributed by atoms with Gasteiger partial charge in [-0.05, 0) is 13.0 Å². The second-order valence-corrected chi connectivity index (χ2v) is 4.93. The van der Waals surface area contributed by atoms with Crippen LogP contribution in [0.5, 0.6) is 0 Å². The van der Waals surface area contributed by atoms with E-state index in [1.807, 2.05) is 26.2 Å². The number of anilines is 2. The van der Waals surface area contributed by atoms with E-state index in [0.717, 1.165) is 12.2 Å². The van der Waals surface area contributed by atoms with Crippen LogP contribution in [0.1, 0.15) is 22.3 Å². The van der Waals surface area contributed by atoms with Gasteiger partial charge in [-0.3, -0.25) is 9.48 Å². The highest BCUT2D eigenvalue weighted by atomic mass is 32.1. The van der Waals surface area contributed by atoms with Gasteiger partial charge >= 0.3 is 0 Å². The number of aromatic nitrogens is 3. The normalized spacial score (nSPS) is 10.4. The summed E-state index contributed by atoms with van der Waals surface area (Å²) < 4.78 is 1.69. The lowest BCUT2D eigenvalue weighted by molar-refractivity contribution is 0.0955. The highest BCUT2D eigenvalue weighted by Crippen LogP contribution is 2.24. The van der Waals surface area contributed by atoms with Crippen LogP contribution in [0, 0.1) is 0 Å². The highest BCUT2D eigenvalue weighted by molar-refractivity contribution is 7.18. The lowest BCUT2D eigenvalue weighted by atomic mass is 10.4. The van der Waals surface area contributed by atoms with Crippen LogP contribution in [0.2, 0.25) is 0 Å². The quantitative estimate of drug-likeness (QED) is 0.753. The molecule has 0 aliphatic rings. The number of nitrogens with zero attached hydrogens (tertiary/aromatic N) is 3. The molecule has 4 N–H and O–H groups in total. The Morgan fingerprint density at radius 1 is 1.58 bits per heavy atom. The van der Waals surface area contributed by atoms with Gasteiger partial charge in [-0.2, -0.15) is 5.10 Å². The Labute approximate surface area is 114 Å². The van der Waals surface area contributed by atoms with Crippen molar-refractivity contribution in [2.45, 2.75) is 13.5 Å². The number of nitrogen functional groups attached to an aromatic ring is 1.